The molecule has 0 aliphatic carbocycles. The Kier molecular flexibility index (Phi) is 6.89. The van der Waals surface area contributed by atoms with Gasteiger partial charge in [0, 0.05) is 68.4 Å². The van der Waals surface area contributed by atoms with Gasteiger partial charge in [0.05, 0.1) is 0 Å². The van der Waals surface area contributed by atoms with Gasteiger partial charge in [-0.3, -0.25) is 4.90 Å². The lowest BCUT2D eigenvalue weighted by atomic mass is 10.0. The van der Waals surface area contributed by atoms with E-state index in [1.807, 2.05) is 24.3 Å². The summed E-state index contributed by atoms with van der Waals surface area (Å²) in [7, 11) is 0. The first-order valence-electron chi connectivity index (χ1n) is 10.1. The third-order valence-electron chi connectivity index (χ3n) is 5.74. The van der Waals surface area contributed by atoms with Gasteiger partial charge in [-0.25, -0.2) is 10.0 Å². The summed E-state index contributed by atoms with van der Waals surface area (Å²) in [6.07, 6.45) is 1.05. The SMILES string of the molecule is Clc1ccc(CC2CNCCN2N2CCN(Cc3ccc(Cl)cc3)CC2)cc1. The van der Waals surface area contributed by atoms with Crippen LogP contribution in [0.1, 0.15) is 11.1 Å². The van der Waals surface area contributed by atoms with Crippen molar-refractivity contribution in [2.24, 2.45) is 0 Å². The molecule has 0 bridgehead atoms. The molecule has 4 rings (SSSR count). The summed E-state index contributed by atoms with van der Waals surface area (Å²) >= 11 is 12.0. The minimum Gasteiger partial charge on any atom is -0.314 e. The minimum absolute atomic E-state index is 0.498. The van der Waals surface area contributed by atoms with Crippen LogP contribution >= 0.6 is 23.2 Å². The smallest absolute Gasteiger partial charge is 0.0411 e. The molecule has 1 unspecified atom stereocenters. The first-order valence-corrected chi connectivity index (χ1v) is 10.9. The predicted octanol–water partition coefficient (Wildman–Crippen LogP) is 3.54. The highest BCUT2D eigenvalue weighted by Crippen LogP contribution is 2.18. The zero-order valence-corrected chi connectivity index (χ0v) is 17.7. The first kappa shape index (κ1) is 20.1. The molecule has 0 aromatic heterocycles. The molecule has 2 aromatic carbocycles. The van der Waals surface area contributed by atoms with Gasteiger partial charge in [0.1, 0.15) is 0 Å². The predicted molar refractivity (Wildman–Crippen MR) is 117 cm³/mol. The second-order valence-electron chi connectivity index (χ2n) is 7.71. The van der Waals surface area contributed by atoms with Crippen molar-refractivity contribution in [3.05, 3.63) is 69.7 Å². The first-order chi connectivity index (χ1) is 13.7. The molecule has 0 radical (unpaired) electrons. The number of hydrazine groups is 1. The largest absolute Gasteiger partial charge is 0.314 e. The second kappa shape index (κ2) is 9.57. The fourth-order valence-corrected chi connectivity index (χ4v) is 4.45. The lowest BCUT2D eigenvalue weighted by Crippen LogP contribution is -2.62. The van der Waals surface area contributed by atoms with E-state index < -0.39 is 0 Å². The molecule has 2 aliphatic rings. The molecule has 0 spiro atoms. The molecule has 150 valence electrons. The normalized spacial score (nSPS) is 22.4. The van der Waals surface area contributed by atoms with E-state index in [0.717, 1.165) is 68.8 Å². The van der Waals surface area contributed by atoms with Crippen LogP contribution in [0.4, 0.5) is 0 Å². The van der Waals surface area contributed by atoms with Crippen LogP contribution in [-0.2, 0) is 13.0 Å². The molecule has 6 heteroatoms. The fraction of sp³-hybridized carbons (Fsp3) is 0.455. The Morgan fingerprint density at radius 1 is 0.786 bits per heavy atom. The van der Waals surface area contributed by atoms with Gasteiger partial charge in [0.15, 0.2) is 0 Å². The Balaban J connectivity index is 1.32. The summed E-state index contributed by atoms with van der Waals surface area (Å²) in [5.74, 6) is 0. The minimum atomic E-state index is 0.498. The Hall–Kier alpha value is -1.14. The highest BCUT2D eigenvalue weighted by atomic mass is 35.5. The molecule has 2 aromatic rings. The quantitative estimate of drug-likeness (QED) is 0.800. The van der Waals surface area contributed by atoms with Gasteiger partial charge in [-0.15, -0.1) is 0 Å². The molecule has 2 saturated heterocycles. The molecule has 1 N–H and O–H groups in total. The lowest BCUT2D eigenvalue weighted by Gasteiger charge is -2.47. The van der Waals surface area contributed by atoms with Gasteiger partial charge >= 0.3 is 0 Å². The maximum Gasteiger partial charge on any atom is 0.0411 e. The third-order valence-corrected chi connectivity index (χ3v) is 6.24. The van der Waals surface area contributed by atoms with Gasteiger partial charge < -0.3 is 5.32 Å². The van der Waals surface area contributed by atoms with Crippen LogP contribution in [0.25, 0.3) is 0 Å². The van der Waals surface area contributed by atoms with Crippen molar-refractivity contribution in [1.82, 2.24) is 20.2 Å². The maximum atomic E-state index is 6.04. The van der Waals surface area contributed by atoms with Crippen molar-refractivity contribution in [2.45, 2.75) is 19.0 Å². The molecule has 2 fully saturated rings. The van der Waals surface area contributed by atoms with Crippen LogP contribution in [0, 0.1) is 0 Å². The van der Waals surface area contributed by atoms with E-state index >= 15 is 0 Å². The van der Waals surface area contributed by atoms with E-state index in [9.17, 15) is 0 Å². The van der Waals surface area contributed by atoms with Gasteiger partial charge in [0.25, 0.3) is 0 Å². The molecule has 1 atom stereocenters. The van der Waals surface area contributed by atoms with Crippen LogP contribution in [0.15, 0.2) is 48.5 Å². The Bertz CT molecular complexity index is 742. The lowest BCUT2D eigenvalue weighted by molar-refractivity contribution is -0.0958. The van der Waals surface area contributed by atoms with Crippen LogP contribution in [0.2, 0.25) is 10.0 Å². The summed E-state index contributed by atoms with van der Waals surface area (Å²) in [6.45, 7) is 8.54. The summed E-state index contributed by atoms with van der Waals surface area (Å²) in [4.78, 5) is 2.54. The zero-order valence-electron chi connectivity index (χ0n) is 16.2. The average Bonchev–Trinajstić information content (AvgIpc) is 2.73. The Morgan fingerprint density at radius 3 is 2.04 bits per heavy atom. The van der Waals surface area contributed by atoms with E-state index in [1.165, 1.54) is 11.1 Å². The highest BCUT2D eigenvalue weighted by molar-refractivity contribution is 6.30. The Labute approximate surface area is 178 Å². The number of nitrogens with one attached hydrogen (secondary N) is 1. The standard InChI is InChI=1S/C22H28Cl2N4/c23-20-5-1-18(2-6-20)15-22-16-25-9-10-28(22)27-13-11-26(12-14-27)17-19-3-7-21(24)8-4-19/h1-8,22,25H,9-17H2. The van der Waals surface area contributed by atoms with E-state index in [-0.39, 0.29) is 0 Å². The topological polar surface area (TPSA) is 21.8 Å². The summed E-state index contributed by atoms with van der Waals surface area (Å²) in [5, 5.41) is 10.3. The average molecular weight is 419 g/mol. The third kappa shape index (κ3) is 5.26. The highest BCUT2D eigenvalue weighted by Gasteiger charge is 2.29. The number of benzene rings is 2. The molecular weight excluding hydrogens is 391 g/mol. The van der Waals surface area contributed by atoms with Crippen LogP contribution in [-0.4, -0.2) is 66.8 Å². The molecule has 28 heavy (non-hydrogen) atoms. The second-order valence-corrected chi connectivity index (χ2v) is 8.58. The van der Waals surface area contributed by atoms with Crippen molar-refractivity contribution in [1.29, 1.82) is 0 Å². The molecule has 4 nitrogen and oxygen atoms in total. The van der Waals surface area contributed by atoms with Crippen molar-refractivity contribution in [3.8, 4) is 0 Å². The number of rotatable bonds is 5. The summed E-state index contributed by atoms with van der Waals surface area (Å²) in [6, 6.07) is 17.0. The van der Waals surface area contributed by atoms with Gasteiger partial charge in [-0.1, -0.05) is 47.5 Å². The maximum absolute atomic E-state index is 6.04. The van der Waals surface area contributed by atoms with Crippen molar-refractivity contribution in [3.63, 3.8) is 0 Å². The van der Waals surface area contributed by atoms with Crippen LogP contribution in [0.5, 0.6) is 0 Å². The van der Waals surface area contributed by atoms with E-state index in [0.29, 0.717) is 6.04 Å². The number of hydrogen-bond acceptors (Lipinski definition) is 4. The number of halogens is 2. The molecule has 2 aliphatic heterocycles. The summed E-state index contributed by atoms with van der Waals surface area (Å²) < 4.78 is 0. The molecular formula is C22H28Cl2N4. The number of piperazine rings is 2. The zero-order chi connectivity index (χ0) is 19.3. The number of nitrogens with zero attached hydrogens (tertiary/aromatic N) is 3. The molecule has 0 saturated carbocycles. The van der Waals surface area contributed by atoms with E-state index in [2.05, 4.69) is 44.5 Å². The van der Waals surface area contributed by atoms with Gasteiger partial charge in [-0.2, -0.15) is 0 Å². The van der Waals surface area contributed by atoms with Crippen molar-refractivity contribution in [2.75, 3.05) is 45.8 Å². The monoisotopic (exact) mass is 418 g/mol. The van der Waals surface area contributed by atoms with Gasteiger partial charge in [0.2, 0.25) is 0 Å². The molecule has 0 amide bonds. The van der Waals surface area contributed by atoms with Crippen LogP contribution in [0.3, 0.4) is 0 Å². The van der Waals surface area contributed by atoms with Crippen molar-refractivity contribution >= 4 is 23.2 Å². The van der Waals surface area contributed by atoms with Crippen LogP contribution < -0.4 is 5.32 Å². The fourth-order valence-electron chi connectivity index (χ4n) is 4.19. The Morgan fingerprint density at radius 2 is 1.39 bits per heavy atom. The van der Waals surface area contributed by atoms with E-state index in [1.54, 1.807) is 0 Å². The summed E-state index contributed by atoms with van der Waals surface area (Å²) in [5.41, 5.74) is 2.69. The van der Waals surface area contributed by atoms with E-state index in [4.69, 9.17) is 23.2 Å². The van der Waals surface area contributed by atoms with Crippen molar-refractivity contribution < 1.29 is 0 Å². The molecule has 2 heterocycles. The number of hydrogen-bond donors (Lipinski definition) is 1. The van der Waals surface area contributed by atoms with Gasteiger partial charge in [-0.05, 0) is 41.8 Å².